The Hall–Kier alpha value is -1.62. The zero-order valence-electron chi connectivity index (χ0n) is 9.13. The molecule has 2 unspecified atom stereocenters. The minimum absolute atomic E-state index is 0.270. The fraction of sp³-hybridized carbons (Fsp3) is 0.455. The Bertz CT molecular complexity index is 408. The van der Waals surface area contributed by atoms with E-state index in [0.29, 0.717) is 11.0 Å². The van der Waals surface area contributed by atoms with Crippen molar-refractivity contribution in [3.05, 3.63) is 29.6 Å². The quantitative estimate of drug-likeness (QED) is 0.595. The molecule has 16 heavy (non-hydrogen) atoms. The van der Waals surface area contributed by atoms with Gasteiger partial charge in [0, 0.05) is 17.3 Å². The molecule has 1 aliphatic carbocycles. The Morgan fingerprint density at radius 1 is 1.69 bits per heavy atom. The Kier molecular flexibility index (Phi) is 2.78. The molecule has 0 spiro atoms. The average Bonchev–Trinajstić information content (AvgIpc) is 2.97. The summed E-state index contributed by atoms with van der Waals surface area (Å²) in [5.74, 6) is 0.612. The van der Waals surface area contributed by atoms with Crippen molar-refractivity contribution in [2.45, 2.75) is 19.3 Å². The minimum atomic E-state index is -0.803. The molecule has 1 heterocycles. The van der Waals surface area contributed by atoms with Gasteiger partial charge in [0.1, 0.15) is 0 Å². The van der Waals surface area contributed by atoms with Crippen molar-refractivity contribution in [1.82, 2.24) is 10.0 Å². The lowest BCUT2D eigenvalue weighted by Crippen LogP contribution is -2.34. The van der Waals surface area contributed by atoms with E-state index in [0.717, 1.165) is 17.8 Å². The van der Waals surface area contributed by atoms with E-state index < -0.39 is 6.03 Å². The number of hydroxylamine groups is 2. The van der Waals surface area contributed by atoms with Crippen LogP contribution in [-0.2, 0) is 0 Å². The molecule has 0 bridgehead atoms. The van der Waals surface area contributed by atoms with Crippen LogP contribution in [0.4, 0.5) is 4.79 Å². The lowest BCUT2D eigenvalue weighted by molar-refractivity contribution is -0.0432. The first-order valence-corrected chi connectivity index (χ1v) is 5.27. The van der Waals surface area contributed by atoms with Gasteiger partial charge in [0.2, 0.25) is 0 Å². The summed E-state index contributed by atoms with van der Waals surface area (Å²) in [6, 6.07) is 5.09. The van der Waals surface area contributed by atoms with Gasteiger partial charge in [-0.05, 0) is 31.4 Å². The maximum Gasteiger partial charge on any atom is 0.338 e. The van der Waals surface area contributed by atoms with Gasteiger partial charge in [-0.15, -0.1) is 0 Å². The zero-order chi connectivity index (χ0) is 11.7. The molecule has 0 radical (unpaired) electrons. The van der Waals surface area contributed by atoms with Crippen molar-refractivity contribution in [1.29, 1.82) is 0 Å². The molecule has 1 fully saturated rings. The summed E-state index contributed by atoms with van der Waals surface area (Å²) in [6.45, 7) is 2.23. The van der Waals surface area contributed by atoms with E-state index in [-0.39, 0.29) is 12.5 Å². The fourth-order valence-electron chi connectivity index (χ4n) is 1.89. The molecule has 86 valence electrons. The van der Waals surface area contributed by atoms with Crippen LogP contribution in [0.15, 0.2) is 18.2 Å². The third kappa shape index (κ3) is 2.30. The summed E-state index contributed by atoms with van der Waals surface area (Å²) in [4.78, 5) is 15.1. The second-order valence-electron chi connectivity index (χ2n) is 4.23. The van der Waals surface area contributed by atoms with Crippen molar-refractivity contribution in [3.63, 3.8) is 0 Å². The molecule has 0 aliphatic heterocycles. The molecule has 5 nitrogen and oxygen atoms in total. The number of pyridine rings is 1. The number of hydrogen-bond acceptors (Lipinski definition) is 3. The van der Waals surface area contributed by atoms with E-state index in [4.69, 9.17) is 5.73 Å². The number of urea groups is 1. The second kappa shape index (κ2) is 4.09. The summed E-state index contributed by atoms with van der Waals surface area (Å²) >= 11 is 0. The largest absolute Gasteiger partial charge is 0.350 e. The maximum atomic E-state index is 10.6. The van der Waals surface area contributed by atoms with E-state index in [2.05, 4.69) is 4.98 Å². The van der Waals surface area contributed by atoms with Crippen molar-refractivity contribution >= 4 is 6.03 Å². The molecule has 1 aliphatic rings. The number of carbonyl (C=O) groups is 1. The minimum Gasteiger partial charge on any atom is -0.350 e. The number of nitrogens with two attached hydrogens (primary N) is 1. The topological polar surface area (TPSA) is 79.5 Å². The molecular formula is C11H15N3O2. The van der Waals surface area contributed by atoms with E-state index in [1.165, 1.54) is 0 Å². The first-order chi connectivity index (χ1) is 7.58. The second-order valence-corrected chi connectivity index (χ2v) is 4.23. The number of aromatic nitrogens is 1. The van der Waals surface area contributed by atoms with Crippen LogP contribution in [-0.4, -0.2) is 27.8 Å². The zero-order valence-corrected chi connectivity index (χ0v) is 9.13. The number of nitrogens with zero attached hydrogens (tertiary/aromatic N) is 2. The molecule has 1 saturated carbocycles. The fourth-order valence-corrected chi connectivity index (χ4v) is 1.89. The van der Waals surface area contributed by atoms with Crippen molar-refractivity contribution in [2.24, 2.45) is 11.7 Å². The van der Waals surface area contributed by atoms with Gasteiger partial charge in [0.15, 0.2) is 0 Å². The van der Waals surface area contributed by atoms with E-state index in [1.54, 1.807) is 0 Å². The van der Waals surface area contributed by atoms with Gasteiger partial charge in [0.25, 0.3) is 0 Å². The predicted molar refractivity (Wildman–Crippen MR) is 57.9 cm³/mol. The van der Waals surface area contributed by atoms with Crippen LogP contribution < -0.4 is 5.73 Å². The average molecular weight is 221 g/mol. The summed E-state index contributed by atoms with van der Waals surface area (Å²) < 4.78 is 0. The molecule has 5 heteroatoms. The summed E-state index contributed by atoms with van der Waals surface area (Å²) in [7, 11) is 0. The number of primary amides is 1. The van der Waals surface area contributed by atoms with Crippen molar-refractivity contribution < 1.29 is 10.0 Å². The van der Waals surface area contributed by atoms with Crippen LogP contribution in [0.25, 0.3) is 0 Å². The lowest BCUT2D eigenvalue weighted by atomic mass is 10.2. The van der Waals surface area contributed by atoms with Crippen molar-refractivity contribution in [3.8, 4) is 0 Å². The SMILES string of the molecule is Cc1cccc(C2CC2CN(O)C(N)=O)n1. The maximum absolute atomic E-state index is 10.6. The Balaban J connectivity index is 1.94. The lowest BCUT2D eigenvalue weighted by Gasteiger charge is -2.11. The predicted octanol–water partition coefficient (Wildman–Crippen LogP) is 1.26. The first kappa shape index (κ1) is 10.9. The van der Waals surface area contributed by atoms with Gasteiger partial charge < -0.3 is 5.73 Å². The summed E-state index contributed by atoms with van der Waals surface area (Å²) in [6.07, 6.45) is 0.945. The highest BCUT2D eigenvalue weighted by molar-refractivity contribution is 5.70. The number of rotatable bonds is 3. The van der Waals surface area contributed by atoms with E-state index in [1.807, 2.05) is 25.1 Å². The first-order valence-electron chi connectivity index (χ1n) is 5.27. The van der Waals surface area contributed by atoms with Crippen LogP contribution in [0, 0.1) is 12.8 Å². The molecule has 2 atom stereocenters. The molecule has 1 aromatic rings. The Morgan fingerprint density at radius 3 is 3.06 bits per heavy atom. The van der Waals surface area contributed by atoms with Crippen LogP contribution in [0.3, 0.4) is 0 Å². The number of hydrogen-bond donors (Lipinski definition) is 2. The normalized spacial score (nSPS) is 22.9. The standard InChI is InChI=1S/C11H15N3O2/c1-7-3-2-4-10(13-7)9-5-8(9)6-14(16)11(12)15/h2-4,8-9,16H,5-6H2,1H3,(H2,12,15). The Morgan fingerprint density at radius 2 is 2.44 bits per heavy atom. The number of amides is 2. The van der Waals surface area contributed by atoms with Gasteiger partial charge in [-0.1, -0.05) is 6.07 Å². The summed E-state index contributed by atoms with van der Waals surface area (Å²) in [5.41, 5.74) is 6.96. The highest BCUT2D eigenvalue weighted by atomic mass is 16.5. The van der Waals surface area contributed by atoms with Gasteiger partial charge in [-0.25, -0.2) is 9.86 Å². The van der Waals surface area contributed by atoms with Crippen LogP contribution in [0.5, 0.6) is 0 Å². The van der Waals surface area contributed by atoms with Crippen LogP contribution in [0.2, 0.25) is 0 Å². The van der Waals surface area contributed by atoms with E-state index >= 15 is 0 Å². The number of carbonyl (C=O) groups excluding carboxylic acids is 1. The molecule has 0 aromatic carbocycles. The molecule has 3 N–H and O–H groups in total. The van der Waals surface area contributed by atoms with Crippen molar-refractivity contribution in [2.75, 3.05) is 6.54 Å². The van der Waals surface area contributed by atoms with Gasteiger partial charge >= 0.3 is 6.03 Å². The molecule has 1 aromatic heterocycles. The third-order valence-electron chi connectivity index (χ3n) is 2.87. The summed E-state index contributed by atoms with van der Waals surface area (Å²) in [5, 5.41) is 9.76. The van der Waals surface area contributed by atoms with Gasteiger partial charge in [-0.3, -0.25) is 10.2 Å². The van der Waals surface area contributed by atoms with E-state index in [9.17, 15) is 10.0 Å². The van der Waals surface area contributed by atoms with Gasteiger partial charge in [-0.2, -0.15) is 0 Å². The third-order valence-corrected chi connectivity index (χ3v) is 2.87. The number of aryl methyl sites for hydroxylation is 1. The molecule has 0 saturated heterocycles. The van der Waals surface area contributed by atoms with Gasteiger partial charge in [0.05, 0.1) is 6.54 Å². The van der Waals surface area contributed by atoms with Crippen LogP contribution in [0.1, 0.15) is 23.7 Å². The Labute approximate surface area is 93.8 Å². The monoisotopic (exact) mass is 221 g/mol. The smallest absolute Gasteiger partial charge is 0.338 e. The highest BCUT2D eigenvalue weighted by Crippen LogP contribution is 2.46. The molecular weight excluding hydrogens is 206 g/mol. The highest BCUT2D eigenvalue weighted by Gasteiger charge is 2.40. The molecule has 2 rings (SSSR count). The molecule has 2 amide bonds. The van der Waals surface area contributed by atoms with Crippen LogP contribution >= 0.6 is 0 Å².